The van der Waals surface area contributed by atoms with Gasteiger partial charge < -0.3 is 24.8 Å². The third-order valence-electron chi connectivity index (χ3n) is 4.44. The quantitative estimate of drug-likeness (QED) is 0.413. The van der Waals surface area contributed by atoms with Crippen molar-refractivity contribution in [1.29, 1.82) is 0 Å². The molecule has 1 heterocycles. The fourth-order valence-corrected chi connectivity index (χ4v) is 2.98. The number of allylic oxidation sites excluding steroid dienone is 1. The molecule has 0 saturated heterocycles. The molecule has 2 aromatic carbocycles. The van der Waals surface area contributed by atoms with Gasteiger partial charge in [0.25, 0.3) is 0 Å². The van der Waals surface area contributed by atoms with Gasteiger partial charge in [-0.15, -0.1) is 0 Å². The fraction of sp³-hybridized carbons (Fsp3) is 0.227. The van der Waals surface area contributed by atoms with E-state index in [1.807, 2.05) is 6.07 Å². The minimum atomic E-state index is -0.701. The lowest BCUT2D eigenvalue weighted by Gasteiger charge is -2.28. The summed E-state index contributed by atoms with van der Waals surface area (Å²) in [6.45, 7) is 2.00. The van der Waals surface area contributed by atoms with Gasteiger partial charge in [-0.1, -0.05) is 30.3 Å². The molecule has 0 spiro atoms. The number of urea groups is 1. The Labute approximate surface area is 173 Å². The highest BCUT2D eigenvalue weighted by Crippen LogP contribution is 2.29. The van der Waals surface area contributed by atoms with Crippen molar-refractivity contribution in [2.24, 2.45) is 0 Å². The Hall–Kier alpha value is -3.65. The van der Waals surface area contributed by atoms with Gasteiger partial charge in [-0.2, -0.15) is 0 Å². The van der Waals surface area contributed by atoms with Crippen LogP contribution in [0.4, 0.5) is 4.79 Å². The number of esters is 2. The monoisotopic (exact) mass is 410 g/mol. The highest BCUT2D eigenvalue weighted by molar-refractivity contribution is 5.95. The molecule has 2 amide bonds. The van der Waals surface area contributed by atoms with Crippen LogP contribution >= 0.6 is 0 Å². The van der Waals surface area contributed by atoms with Crippen molar-refractivity contribution in [3.8, 4) is 5.75 Å². The molecule has 1 unspecified atom stereocenters. The fourth-order valence-electron chi connectivity index (χ4n) is 2.98. The molecule has 1 aliphatic heterocycles. The van der Waals surface area contributed by atoms with Crippen LogP contribution in [0.15, 0.2) is 65.9 Å². The number of hydrogen-bond donors (Lipinski definition) is 2. The van der Waals surface area contributed by atoms with Crippen molar-refractivity contribution < 1.29 is 28.6 Å². The first-order valence-electron chi connectivity index (χ1n) is 9.31. The summed E-state index contributed by atoms with van der Waals surface area (Å²) in [7, 11) is 1.51. The van der Waals surface area contributed by atoms with E-state index in [-0.39, 0.29) is 13.2 Å². The minimum Gasteiger partial charge on any atom is -0.460 e. The van der Waals surface area contributed by atoms with Gasteiger partial charge in [0, 0.05) is 12.8 Å². The molecule has 8 heteroatoms. The van der Waals surface area contributed by atoms with Crippen molar-refractivity contribution in [3.05, 3.63) is 77.0 Å². The first kappa shape index (κ1) is 21.1. The zero-order valence-electron chi connectivity index (χ0n) is 16.6. The lowest BCUT2D eigenvalue weighted by atomic mass is 9.95. The van der Waals surface area contributed by atoms with E-state index in [1.165, 1.54) is 7.11 Å². The minimum absolute atomic E-state index is 0.0984. The highest BCUT2D eigenvalue weighted by atomic mass is 16.6. The van der Waals surface area contributed by atoms with E-state index in [0.717, 1.165) is 0 Å². The summed E-state index contributed by atoms with van der Waals surface area (Å²) in [5, 5.41) is 5.31. The largest absolute Gasteiger partial charge is 0.460 e. The van der Waals surface area contributed by atoms with Crippen molar-refractivity contribution >= 4 is 18.0 Å². The van der Waals surface area contributed by atoms with Crippen LogP contribution in [0.5, 0.6) is 5.75 Å². The molecule has 0 radical (unpaired) electrons. The summed E-state index contributed by atoms with van der Waals surface area (Å²) in [5.74, 6) is -0.684. The van der Waals surface area contributed by atoms with Crippen LogP contribution < -0.4 is 15.4 Å². The van der Waals surface area contributed by atoms with Gasteiger partial charge in [-0.25, -0.2) is 14.4 Å². The maximum atomic E-state index is 12.5. The molecule has 156 valence electrons. The third kappa shape index (κ3) is 5.03. The SMILES string of the molecule is COCCOC(=O)C1=C(C)NC(=O)NC1c1ccc(OC(=O)c2ccccc2)cc1. The molecule has 2 N–H and O–H groups in total. The Balaban J connectivity index is 1.77. The Morgan fingerprint density at radius 3 is 2.33 bits per heavy atom. The van der Waals surface area contributed by atoms with Crippen LogP contribution in [0.1, 0.15) is 28.9 Å². The standard InChI is InChI=1S/C22H22N2O6/c1-14-18(21(26)29-13-12-28-2)19(24-22(27)23-14)15-8-10-17(11-9-15)30-20(25)16-6-4-3-5-7-16/h3-11,19H,12-13H2,1-2H3,(H2,23,24,27). The second-order valence-corrected chi connectivity index (χ2v) is 6.52. The number of carbonyl (C=O) groups excluding carboxylic acids is 3. The van der Waals surface area contributed by atoms with E-state index >= 15 is 0 Å². The topological polar surface area (TPSA) is 103 Å². The van der Waals surface area contributed by atoms with E-state index < -0.39 is 24.0 Å². The molecule has 30 heavy (non-hydrogen) atoms. The van der Waals surface area contributed by atoms with E-state index in [2.05, 4.69) is 10.6 Å². The molecule has 0 fully saturated rings. The van der Waals surface area contributed by atoms with E-state index in [1.54, 1.807) is 55.5 Å². The number of ether oxygens (including phenoxy) is 3. The van der Waals surface area contributed by atoms with Gasteiger partial charge >= 0.3 is 18.0 Å². The highest BCUT2D eigenvalue weighted by Gasteiger charge is 2.32. The van der Waals surface area contributed by atoms with E-state index in [0.29, 0.717) is 28.1 Å². The first-order chi connectivity index (χ1) is 14.5. The molecule has 0 aliphatic carbocycles. The third-order valence-corrected chi connectivity index (χ3v) is 4.44. The molecule has 0 saturated carbocycles. The molecule has 8 nitrogen and oxygen atoms in total. The predicted molar refractivity (Wildman–Crippen MR) is 108 cm³/mol. The Morgan fingerprint density at radius 2 is 1.67 bits per heavy atom. The molecular formula is C22H22N2O6. The molecule has 1 aliphatic rings. The number of hydrogen-bond acceptors (Lipinski definition) is 6. The molecule has 0 bridgehead atoms. The summed E-state index contributed by atoms with van der Waals surface area (Å²) in [4.78, 5) is 36.7. The Kier molecular flexibility index (Phi) is 6.82. The van der Waals surface area contributed by atoms with Gasteiger partial charge in [-0.05, 0) is 36.8 Å². The second-order valence-electron chi connectivity index (χ2n) is 6.52. The van der Waals surface area contributed by atoms with Crippen LogP contribution in [-0.2, 0) is 14.3 Å². The maximum absolute atomic E-state index is 12.5. The van der Waals surface area contributed by atoms with Gasteiger partial charge in [-0.3, -0.25) is 0 Å². The average Bonchev–Trinajstić information content (AvgIpc) is 2.74. The number of nitrogens with one attached hydrogen (secondary N) is 2. The number of amides is 2. The summed E-state index contributed by atoms with van der Waals surface area (Å²) in [6, 6.07) is 14.1. The first-order valence-corrected chi connectivity index (χ1v) is 9.31. The van der Waals surface area contributed by atoms with Crippen molar-refractivity contribution in [2.45, 2.75) is 13.0 Å². The molecular weight excluding hydrogens is 388 g/mol. The van der Waals surface area contributed by atoms with Crippen molar-refractivity contribution in [3.63, 3.8) is 0 Å². The average molecular weight is 410 g/mol. The van der Waals surface area contributed by atoms with Crippen LogP contribution in [0.3, 0.4) is 0 Å². The lowest BCUT2D eigenvalue weighted by Crippen LogP contribution is -2.45. The van der Waals surface area contributed by atoms with Gasteiger partial charge in [0.15, 0.2) is 0 Å². The summed E-state index contributed by atoms with van der Waals surface area (Å²) < 4.78 is 15.5. The maximum Gasteiger partial charge on any atom is 0.343 e. The van der Waals surface area contributed by atoms with Crippen LogP contribution in [0, 0.1) is 0 Å². The Bertz CT molecular complexity index is 953. The van der Waals surface area contributed by atoms with Gasteiger partial charge in [0.05, 0.1) is 23.8 Å². The van der Waals surface area contributed by atoms with E-state index in [4.69, 9.17) is 14.2 Å². The van der Waals surface area contributed by atoms with Crippen LogP contribution in [0.25, 0.3) is 0 Å². The van der Waals surface area contributed by atoms with E-state index in [9.17, 15) is 14.4 Å². The summed E-state index contributed by atoms with van der Waals surface area (Å²) in [6.07, 6.45) is 0. The number of rotatable bonds is 7. The molecule has 2 aromatic rings. The van der Waals surface area contributed by atoms with Gasteiger partial charge in [0.2, 0.25) is 0 Å². The van der Waals surface area contributed by atoms with Crippen molar-refractivity contribution in [1.82, 2.24) is 10.6 Å². The van der Waals surface area contributed by atoms with Crippen LogP contribution in [0.2, 0.25) is 0 Å². The number of methoxy groups -OCH3 is 1. The molecule has 3 rings (SSSR count). The van der Waals surface area contributed by atoms with Crippen molar-refractivity contribution in [2.75, 3.05) is 20.3 Å². The zero-order valence-corrected chi connectivity index (χ0v) is 16.6. The normalized spacial score (nSPS) is 15.8. The predicted octanol–water partition coefficient (Wildman–Crippen LogP) is 2.72. The molecule has 0 aromatic heterocycles. The lowest BCUT2D eigenvalue weighted by molar-refractivity contribution is -0.140. The summed E-state index contributed by atoms with van der Waals surface area (Å²) in [5.41, 5.74) is 1.78. The summed E-state index contributed by atoms with van der Waals surface area (Å²) >= 11 is 0. The zero-order chi connectivity index (χ0) is 21.5. The Morgan fingerprint density at radius 1 is 0.967 bits per heavy atom. The van der Waals surface area contributed by atoms with Gasteiger partial charge in [0.1, 0.15) is 12.4 Å². The smallest absolute Gasteiger partial charge is 0.343 e. The second kappa shape index (κ2) is 9.71. The molecule has 1 atom stereocenters. The number of benzene rings is 2. The number of carbonyl (C=O) groups is 3. The van der Waals surface area contributed by atoms with Crippen LogP contribution in [-0.4, -0.2) is 38.3 Å².